The normalized spacial score (nSPS) is 16.9. The van der Waals surface area contributed by atoms with E-state index in [4.69, 9.17) is 9.47 Å². The molecule has 0 bridgehead atoms. The Labute approximate surface area is 133 Å². The van der Waals surface area contributed by atoms with Crippen LogP contribution in [0.5, 0.6) is 11.5 Å². The Morgan fingerprint density at radius 2 is 2.14 bits per heavy atom. The van der Waals surface area contributed by atoms with Gasteiger partial charge in [0.2, 0.25) is 6.10 Å². The van der Waals surface area contributed by atoms with E-state index in [1.165, 1.54) is 11.3 Å². The molecule has 1 aliphatic rings. The van der Waals surface area contributed by atoms with Gasteiger partial charge in [-0.25, -0.2) is 5.43 Å². The van der Waals surface area contributed by atoms with Gasteiger partial charge in [-0.2, -0.15) is 5.10 Å². The number of para-hydroxylation sites is 2. The van der Waals surface area contributed by atoms with Crippen LogP contribution in [0.2, 0.25) is 0 Å². The molecule has 0 fully saturated rings. The minimum atomic E-state index is -0.702. The van der Waals surface area contributed by atoms with Gasteiger partial charge in [-0.1, -0.05) is 12.1 Å². The number of carbonyl (C=O) groups excluding carboxylic acids is 1. The van der Waals surface area contributed by atoms with Crippen molar-refractivity contribution >= 4 is 39.4 Å². The summed E-state index contributed by atoms with van der Waals surface area (Å²) in [5.74, 6) is 0.875. The van der Waals surface area contributed by atoms with Crippen molar-refractivity contribution in [1.29, 1.82) is 0 Å². The first-order valence-corrected chi connectivity index (χ1v) is 7.80. The summed E-state index contributed by atoms with van der Waals surface area (Å²) in [4.78, 5) is 12.9. The molecule has 0 radical (unpaired) electrons. The lowest BCUT2D eigenvalue weighted by atomic mass is 10.2. The average Bonchev–Trinajstić information content (AvgIpc) is 2.92. The third-order valence-electron chi connectivity index (χ3n) is 2.76. The van der Waals surface area contributed by atoms with Gasteiger partial charge in [0.1, 0.15) is 6.61 Å². The molecule has 1 N–H and O–H groups in total. The van der Waals surface area contributed by atoms with Gasteiger partial charge >= 0.3 is 0 Å². The number of rotatable bonds is 3. The van der Waals surface area contributed by atoms with E-state index in [9.17, 15) is 4.79 Å². The van der Waals surface area contributed by atoms with Gasteiger partial charge in [0.05, 0.1) is 10.0 Å². The van der Waals surface area contributed by atoms with Crippen LogP contribution in [0.25, 0.3) is 0 Å². The van der Waals surface area contributed by atoms with E-state index >= 15 is 0 Å². The summed E-state index contributed by atoms with van der Waals surface area (Å²) in [6.07, 6.45) is 0.887. The summed E-state index contributed by atoms with van der Waals surface area (Å²) in [5, 5.41) is 3.92. The van der Waals surface area contributed by atoms with Gasteiger partial charge in [-0.05, 0) is 40.2 Å². The van der Waals surface area contributed by atoms with Crippen molar-refractivity contribution in [2.75, 3.05) is 6.61 Å². The van der Waals surface area contributed by atoms with Crippen LogP contribution >= 0.6 is 27.3 Å². The number of halogens is 1. The standard InChI is InChI=1S/C14H11BrN2O3S/c15-13-6-5-9(21-13)7-16-17-14(18)12-8-19-10-3-1-2-4-11(10)20-12/h1-7,12H,8H2,(H,17,18)/b16-7-/t12-/m1/s1. The summed E-state index contributed by atoms with van der Waals surface area (Å²) >= 11 is 4.89. The number of fused-ring (bicyclic) bond motifs is 1. The Morgan fingerprint density at radius 1 is 1.33 bits per heavy atom. The van der Waals surface area contributed by atoms with Gasteiger partial charge < -0.3 is 9.47 Å². The lowest BCUT2D eigenvalue weighted by Crippen LogP contribution is -2.42. The number of hydrogen-bond donors (Lipinski definition) is 1. The van der Waals surface area contributed by atoms with Crippen molar-refractivity contribution in [2.45, 2.75) is 6.10 Å². The van der Waals surface area contributed by atoms with Crippen LogP contribution in [0.3, 0.4) is 0 Å². The Bertz CT molecular complexity index is 686. The van der Waals surface area contributed by atoms with E-state index in [0.29, 0.717) is 11.5 Å². The predicted octanol–water partition coefficient (Wildman–Crippen LogP) is 2.80. The molecule has 21 heavy (non-hydrogen) atoms. The van der Waals surface area contributed by atoms with E-state index < -0.39 is 6.10 Å². The quantitative estimate of drug-likeness (QED) is 0.671. The molecule has 2 heterocycles. The zero-order valence-electron chi connectivity index (χ0n) is 10.8. The van der Waals surface area contributed by atoms with E-state index in [1.807, 2.05) is 24.3 Å². The second-order valence-corrected chi connectivity index (χ2v) is 6.73. The third kappa shape index (κ3) is 3.43. The van der Waals surface area contributed by atoms with Gasteiger partial charge in [-0.3, -0.25) is 4.79 Å². The van der Waals surface area contributed by atoms with Gasteiger partial charge in [-0.15, -0.1) is 11.3 Å². The van der Waals surface area contributed by atoms with Gasteiger partial charge in [0.25, 0.3) is 5.91 Å². The SMILES string of the molecule is O=C(N/N=C\c1ccc(Br)s1)[C@H]1COc2ccccc2O1. The zero-order valence-corrected chi connectivity index (χ0v) is 13.2. The van der Waals surface area contributed by atoms with Crippen molar-refractivity contribution in [3.63, 3.8) is 0 Å². The van der Waals surface area contributed by atoms with Crippen molar-refractivity contribution in [1.82, 2.24) is 5.43 Å². The van der Waals surface area contributed by atoms with Crippen LogP contribution in [0.1, 0.15) is 4.88 Å². The molecule has 1 atom stereocenters. The maximum absolute atomic E-state index is 12.0. The molecular weight excluding hydrogens is 356 g/mol. The highest BCUT2D eigenvalue weighted by molar-refractivity contribution is 9.11. The number of thiophene rings is 1. The third-order valence-corrected chi connectivity index (χ3v) is 4.32. The van der Waals surface area contributed by atoms with Crippen LogP contribution in [-0.4, -0.2) is 24.8 Å². The molecule has 1 amide bonds. The lowest BCUT2D eigenvalue weighted by Gasteiger charge is -2.24. The summed E-state index contributed by atoms with van der Waals surface area (Å²) in [5.41, 5.74) is 2.46. The highest BCUT2D eigenvalue weighted by Crippen LogP contribution is 2.30. The summed E-state index contributed by atoms with van der Waals surface area (Å²) < 4.78 is 12.1. The highest BCUT2D eigenvalue weighted by Gasteiger charge is 2.26. The first-order valence-electron chi connectivity index (χ1n) is 6.19. The highest BCUT2D eigenvalue weighted by atomic mass is 79.9. The second-order valence-electron chi connectivity index (χ2n) is 4.24. The van der Waals surface area contributed by atoms with Crippen molar-refractivity contribution in [2.24, 2.45) is 5.10 Å². The molecule has 0 aliphatic carbocycles. The van der Waals surface area contributed by atoms with E-state index in [1.54, 1.807) is 18.3 Å². The van der Waals surface area contributed by atoms with Crippen LogP contribution < -0.4 is 14.9 Å². The maximum atomic E-state index is 12.0. The fraction of sp³-hybridized carbons (Fsp3) is 0.143. The Morgan fingerprint density at radius 3 is 2.90 bits per heavy atom. The van der Waals surface area contributed by atoms with Crippen LogP contribution in [0.15, 0.2) is 45.3 Å². The van der Waals surface area contributed by atoms with E-state index in [-0.39, 0.29) is 12.5 Å². The molecule has 1 aromatic heterocycles. The second kappa shape index (κ2) is 6.28. The molecule has 1 aliphatic heterocycles. The summed E-state index contributed by atoms with van der Waals surface area (Å²) in [7, 11) is 0. The van der Waals surface area contributed by atoms with E-state index in [0.717, 1.165) is 8.66 Å². The van der Waals surface area contributed by atoms with Crippen LogP contribution in [-0.2, 0) is 4.79 Å². The number of benzene rings is 1. The van der Waals surface area contributed by atoms with Gasteiger partial charge in [0, 0.05) is 4.88 Å². The van der Waals surface area contributed by atoms with Crippen molar-refractivity contribution in [3.05, 3.63) is 45.1 Å². The lowest BCUT2D eigenvalue weighted by molar-refractivity contribution is -0.130. The number of nitrogens with one attached hydrogen (secondary N) is 1. The largest absolute Gasteiger partial charge is 0.485 e. The monoisotopic (exact) mass is 366 g/mol. The number of hydrazone groups is 1. The predicted molar refractivity (Wildman–Crippen MR) is 84.1 cm³/mol. The molecule has 0 saturated heterocycles. The van der Waals surface area contributed by atoms with E-state index in [2.05, 4.69) is 26.5 Å². The molecule has 7 heteroatoms. The number of nitrogens with zero attached hydrogens (tertiary/aromatic N) is 1. The number of hydrogen-bond acceptors (Lipinski definition) is 5. The molecule has 0 spiro atoms. The molecule has 0 saturated carbocycles. The van der Waals surface area contributed by atoms with Crippen LogP contribution in [0, 0.1) is 0 Å². The first kappa shape index (κ1) is 14.1. The van der Waals surface area contributed by atoms with Crippen molar-refractivity contribution < 1.29 is 14.3 Å². The molecular formula is C14H11BrN2O3S. The van der Waals surface area contributed by atoms with Crippen molar-refractivity contribution in [3.8, 4) is 11.5 Å². The Hall–Kier alpha value is -1.86. The number of ether oxygens (including phenoxy) is 2. The van der Waals surface area contributed by atoms with Crippen LogP contribution in [0.4, 0.5) is 0 Å². The molecule has 108 valence electrons. The summed E-state index contributed by atoms with van der Waals surface area (Å²) in [6.45, 7) is 0.170. The maximum Gasteiger partial charge on any atom is 0.284 e. The molecule has 5 nitrogen and oxygen atoms in total. The average molecular weight is 367 g/mol. The Balaban J connectivity index is 1.58. The smallest absolute Gasteiger partial charge is 0.284 e. The minimum absolute atomic E-state index is 0.170. The molecule has 0 unspecified atom stereocenters. The minimum Gasteiger partial charge on any atom is -0.485 e. The summed E-state index contributed by atoms with van der Waals surface area (Å²) in [6, 6.07) is 11.1. The molecule has 1 aromatic carbocycles. The fourth-order valence-corrected chi connectivity index (χ4v) is 3.07. The number of carbonyl (C=O) groups is 1. The van der Waals surface area contributed by atoms with Gasteiger partial charge in [0.15, 0.2) is 11.5 Å². The molecule has 2 aromatic rings. The Kier molecular flexibility index (Phi) is 4.21. The fourth-order valence-electron chi connectivity index (χ4n) is 1.78. The first-order chi connectivity index (χ1) is 10.2. The topological polar surface area (TPSA) is 59.9 Å². The number of amides is 1. The molecule has 3 rings (SSSR count). The zero-order chi connectivity index (χ0) is 14.7.